The first-order valence-corrected chi connectivity index (χ1v) is 8.56. The first kappa shape index (κ1) is 17.4. The van der Waals surface area contributed by atoms with Crippen LogP contribution in [0.2, 0.25) is 0 Å². The molecule has 5 heteroatoms. The maximum atomic E-state index is 11.7. The van der Waals surface area contributed by atoms with E-state index >= 15 is 0 Å². The van der Waals surface area contributed by atoms with Crippen molar-refractivity contribution in [2.75, 3.05) is 12.0 Å². The first-order chi connectivity index (χ1) is 9.74. The van der Waals surface area contributed by atoms with E-state index in [9.17, 15) is 14.3 Å². The van der Waals surface area contributed by atoms with E-state index in [2.05, 4.69) is 32.2 Å². The van der Waals surface area contributed by atoms with E-state index in [0.29, 0.717) is 5.75 Å². The number of amides is 1. The third-order valence-corrected chi connectivity index (χ3v) is 3.94. The highest BCUT2D eigenvalue weighted by Crippen LogP contribution is 2.23. The highest BCUT2D eigenvalue weighted by Gasteiger charge is 2.17. The van der Waals surface area contributed by atoms with Crippen molar-refractivity contribution >= 4 is 16.7 Å². The van der Waals surface area contributed by atoms with Crippen LogP contribution in [0, 0.1) is 11.3 Å². The molecule has 0 aromatic heterocycles. The third kappa shape index (κ3) is 5.68. The molecule has 0 spiro atoms. The molecular weight excluding hydrogens is 284 g/mol. The smallest absolute Gasteiger partial charge is 0.222 e. The van der Waals surface area contributed by atoms with Crippen LogP contribution in [-0.4, -0.2) is 22.1 Å². The second kappa shape index (κ2) is 7.37. The van der Waals surface area contributed by atoms with Crippen molar-refractivity contribution in [2.24, 2.45) is 0 Å². The Morgan fingerprint density at radius 1 is 1.33 bits per heavy atom. The van der Waals surface area contributed by atoms with E-state index < -0.39 is 16.8 Å². The van der Waals surface area contributed by atoms with Gasteiger partial charge in [0, 0.05) is 29.2 Å². The zero-order valence-corrected chi connectivity index (χ0v) is 13.8. The summed E-state index contributed by atoms with van der Waals surface area (Å²) in [7, 11) is -1.00. The van der Waals surface area contributed by atoms with Crippen LogP contribution in [0.4, 0.5) is 0 Å². The Morgan fingerprint density at radius 2 is 1.90 bits per heavy atom. The molecule has 1 aromatic carbocycles. The lowest BCUT2D eigenvalue weighted by molar-refractivity contribution is -0.121. The summed E-state index contributed by atoms with van der Waals surface area (Å²) in [6, 6.07) is 9.11. The van der Waals surface area contributed by atoms with Crippen molar-refractivity contribution in [2.45, 2.75) is 38.6 Å². The van der Waals surface area contributed by atoms with Crippen LogP contribution in [0.15, 0.2) is 24.3 Å². The Morgan fingerprint density at radius 3 is 2.33 bits per heavy atom. The molecule has 0 aliphatic heterocycles. The van der Waals surface area contributed by atoms with E-state index in [1.165, 1.54) is 5.56 Å². The number of carbonyl (C=O) groups excluding carboxylic acids is 1. The summed E-state index contributed by atoms with van der Waals surface area (Å²) in [6.45, 7) is 6.36. The van der Waals surface area contributed by atoms with Crippen LogP contribution in [-0.2, 0) is 21.0 Å². The van der Waals surface area contributed by atoms with E-state index in [0.717, 1.165) is 5.56 Å². The first-order valence-electron chi connectivity index (χ1n) is 6.83. The summed E-state index contributed by atoms with van der Waals surface area (Å²) in [5.74, 6) is 0.0593. The van der Waals surface area contributed by atoms with Gasteiger partial charge in [-0.2, -0.15) is 5.26 Å². The van der Waals surface area contributed by atoms with Gasteiger partial charge in [-0.1, -0.05) is 45.0 Å². The molecule has 1 rings (SSSR count). The van der Waals surface area contributed by atoms with Crippen molar-refractivity contribution in [1.82, 2.24) is 5.32 Å². The summed E-state index contributed by atoms with van der Waals surface area (Å²) < 4.78 is 11.0. The van der Waals surface area contributed by atoms with E-state index in [1.807, 2.05) is 24.3 Å². The van der Waals surface area contributed by atoms with Gasteiger partial charge in [0.2, 0.25) is 5.91 Å². The minimum atomic E-state index is -1.00. The van der Waals surface area contributed by atoms with Crippen molar-refractivity contribution in [3.63, 3.8) is 0 Å². The third-order valence-electron chi connectivity index (χ3n) is 3.16. The monoisotopic (exact) mass is 306 g/mol. The standard InChI is InChI=1S/C16H22N2O2S/c1-16(2,3)13-7-5-12(6-8-13)14(11-17)18-15(19)9-10-21(4)20/h5-8,14H,9-10H2,1-4H3,(H,18,19)/t14-,21-/m1/s1. The zero-order chi connectivity index (χ0) is 16.0. The number of nitrogens with one attached hydrogen (secondary N) is 1. The molecule has 1 amide bonds. The quantitative estimate of drug-likeness (QED) is 0.908. The van der Waals surface area contributed by atoms with Gasteiger partial charge in [-0.25, -0.2) is 0 Å². The number of benzene rings is 1. The fourth-order valence-electron chi connectivity index (χ4n) is 1.84. The molecule has 21 heavy (non-hydrogen) atoms. The normalized spacial score (nSPS) is 14.0. The Labute approximate surface area is 129 Å². The molecule has 2 atom stereocenters. The minimum absolute atomic E-state index is 0.0507. The largest absolute Gasteiger partial charge is 0.337 e. The van der Waals surface area contributed by atoms with E-state index in [-0.39, 0.29) is 17.7 Å². The molecule has 0 unspecified atom stereocenters. The molecule has 0 heterocycles. The Hall–Kier alpha value is -1.67. The second-order valence-corrected chi connectivity index (χ2v) is 7.58. The number of hydrogen-bond donors (Lipinski definition) is 1. The summed E-state index contributed by atoms with van der Waals surface area (Å²) in [4.78, 5) is 11.7. The number of rotatable bonds is 5. The van der Waals surface area contributed by atoms with Gasteiger partial charge in [0.1, 0.15) is 6.04 Å². The van der Waals surface area contributed by atoms with E-state index in [4.69, 9.17) is 0 Å². The molecule has 0 saturated carbocycles. The molecule has 0 bridgehead atoms. The average molecular weight is 306 g/mol. The summed E-state index contributed by atoms with van der Waals surface area (Å²) >= 11 is 0. The maximum absolute atomic E-state index is 11.7. The van der Waals surface area contributed by atoms with Crippen LogP contribution in [0.25, 0.3) is 0 Å². The van der Waals surface area contributed by atoms with Gasteiger partial charge in [-0.3, -0.25) is 9.00 Å². The fraction of sp³-hybridized carbons (Fsp3) is 0.500. The van der Waals surface area contributed by atoms with Gasteiger partial charge in [-0.05, 0) is 16.5 Å². The summed E-state index contributed by atoms with van der Waals surface area (Å²) in [6.07, 6.45) is 1.72. The molecule has 0 saturated heterocycles. The highest BCUT2D eigenvalue weighted by molar-refractivity contribution is 7.84. The van der Waals surface area contributed by atoms with Crippen LogP contribution < -0.4 is 5.32 Å². The van der Waals surface area contributed by atoms with Crippen LogP contribution >= 0.6 is 0 Å². The Balaban J connectivity index is 2.75. The van der Waals surface area contributed by atoms with Gasteiger partial charge in [0.05, 0.1) is 6.07 Å². The predicted molar refractivity (Wildman–Crippen MR) is 85.2 cm³/mol. The van der Waals surface area contributed by atoms with Gasteiger partial charge in [-0.15, -0.1) is 0 Å². The van der Waals surface area contributed by atoms with Crippen molar-refractivity contribution in [3.05, 3.63) is 35.4 Å². The molecule has 0 fully saturated rings. The molecule has 0 radical (unpaired) electrons. The zero-order valence-electron chi connectivity index (χ0n) is 13.0. The van der Waals surface area contributed by atoms with Gasteiger partial charge in [0.15, 0.2) is 0 Å². The molecule has 1 aromatic rings. The van der Waals surface area contributed by atoms with Crippen molar-refractivity contribution < 1.29 is 9.00 Å². The lowest BCUT2D eigenvalue weighted by Gasteiger charge is -2.20. The van der Waals surface area contributed by atoms with Gasteiger partial charge >= 0.3 is 0 Å². The number of nitriles is 1. The predicted octanol–water partition coefficient (Wildman–Crippen LogP) is 2.43. The number of carbonyl (C=O) groups is 1. The molecule has 4 nitrogen and oxygen atoms in total. The Kier molecular flexibility index (Phi) is 6.10. The molecule has 0 aliphatic carbocycles. The number of hydrogen-bond acceptors (Lipinski definition) is 3. The number of nitrogens with zero attached hydrogens (tertiary/aromatic N) is 1. The maximum Gasteiger partial charge on any atom is 0.222 e. The molecule has 114 valence electrons. The average Bonchev–Trinajstić information content (AvgIpc) is 2.41. The minimum Gasteiger partial charge on any atom is -0.337 e. The van der Waals surface area contributed by atoms with Crippen molar-refractivity contribution in [1.29, 1.82) is 5.26 Å². The highest BCUT2D eigenvalue weighted by atomic mass is 32.2. The van der Waals surface area contributed by atoms with Gasteiger partial charge in [0.25, 0.3) is 0 Å². The van der Waals surface area contributed by atoms with Crippen LogP contribution in [0.3, 0.4) is 0 Å². The van der Waals surface area contributed by atoms with Crippen LogP contribution in [0.5, 0.6) is 0 Å². The SMILES string of the molecule is C[S@@](=O)CCC(=O)N[C@H](C#N)c1ccc(C(C)(C)C)cc1. The van der Waals surface area contributed by atoms with Gasteiger partial charge < -0.3 is 5.32 Å². The molecular formula is C16H22N2O2S. The summed E-state index contributed by atoms with van der Waals surface area (Å²) in [5, 5.41) is 11.9. The summed E-state index contributed by atoms with van der Waals surface area (Å²) in [5.41, 5.74) is 1.99. The fourth-order valence-corrected chi connectivity index (χ4v) is 2.31. The topological polar surface area (TPSA) is 70.0 Å². The van der Waals surface area contributed by atoms with E-state index in [1.54, 1.807) is 6.26 Å². The molecule has 1 N–H and O–H groups in total. The second-order valence-electron chi connectivity index (χ2n) is 6.03. The lowest BCUT2D eigenvalue weighted by atomic mass is 9.86. The van der Waals surface area contributed by atoms with Crippen LogP contribution in [0.1, 0.15) is 44.4 Å². The van der Waals surface area contributed by atoms with Crippen molar-refractivity contribution in [3.8, 4) is 6.07 Å². The molecule has 0 aliphatic rings. The lowest BCUT2D eigenvalue weighted by Crippen LogP contribution is -2.28. The Bertz CT molecular complexity index is 553.